The molecule has 1 aliphatic rings. The highest BCUT2D eigenvalue weighted by Gasteiger charge is 2.36. The van der Waals surface area contributed by atoms with Crippen LogP contribution in [0.15, 0.2) is 48.5 Å². The fourth-order valence-electron chi connectivity index (χ4n) is 4.01. The number of nitrogens with two attached hydrogens (primary N) is 1. The van der Waals surface area contributed by atoms with Crippen LogP contribution < -0.4 is 21.1 Å². The van der Waals surface area contributed by atoms with Gasteiger partial charge in [-0.15, -0.1) is 0 Å². The van der Waals surface area contributed by atoms with Crippen LogP contribution in [-0.2, 0) is 22.6 Å². The Morgan fingerprint density at radius 3 is 2.35 bits per heavy atom. The van der Waals surface area contributed by atoms with Gasteiger partial charge in [-0.05, 0) is 42.3 Å². The molecule has 2 aromatic carbocycles. The van der Waals surface area contributed by atoms with Crippen LogP contribution in [0.4, 0.5) is 0 Å². The van der Waals surface area contributed by atoms with Crippen LogP contribution in [0.2, 0.25) is 0 Å². The summed E-state index contributed by atoms with van der Waals surface area (Å²) in [4.78, 5) is 26.5. The van der Waals surface area contributed by atoms with Crippen LogP contribution in [-0.4, -0.2) is 57.1 Å². The van der Waals surface area contributed by atoms with Gasteiger partial charge < -0.3 is 26.0 Å². The Morgan fingerprint density at radius 2 is 1.71 bits per heavy atom. The molecule has 2 amide bonds. The Kier molecular flexibility index (Phi) is 8.03. The van der Waals surface area contributed by atoms with Gasteiger partial charge in [-0.2, -0.15) is 0 Å². The van der Waals surface area contributed by atoms with Gasteiger partial charge in [0, 0.05) is 32.1 Å². The zero-order chi connectivity index (χ0) is 22.2. The Labute approximate surface area is 183 Å². The molecule has 166 valence electrons. The number of benzene rings is 2. The molecule has 2 atom stereocenters. The standard InChI is InChI=1S/C24H32N4O3/c1-28-15-21(19-7-3-18(4-8-19)14-27-23(29)13-25)22(16-28)24(30)26-12-11-17-5-9-20(31-2)10-6-17/h3-10,21-22H,11-16,25H2,1-2H3,(H,26,30)(H,27,29). The summed E-state index contributed by atoms with van der Waals surface area (Å²) in [6.07, 6.45) is 0.784. The molecule has 0 aliphatic carbocycles. The summed E-state index contributed by atoms with van der Waals surface area (Å²) >= 11 is 0. The van der Waals surface area contributed by atoms with Crippen LogP contribution in [0.5, 0.6) is 5.75 Å². The molecular formula is C24H32N4O3. The van der Waals surface area contributed by atoms with Crippen molar-refractivity contribution in [2.24, 2.45) is 11.7 Å². The minimum atomic E-state index is -0.173. The van der Waals surface area contributed by atoms with E-state index in [4.69, 9.17) is 10.5 Å². The molecule has 4 N–H and O–H groups in total. The first-order chi connectivity index (χ1) is 15.0. The monoisotopic (exact) mass is 424 g/mol. The molecule has 1 heterocycles. The lowest BCUT2D eigenvalue weighted by Crippen LogP contribution is -2.35. The van der Waals surface area contributed by atoms with Gasteiger partial charge >= 0.3 is 0 Å². The molecule has 0 bridgehead atoms. The van der Waals surface area contributed by atoms with Gasteiger partial charge in [-0.25, -0.2) is 0 Å². The predicted octanol–water partition coefficient (Wildman–Crippen LogP) is 1.27. The topological polar surface area (TPSA) is 96.7 Å². The second-order valence-electron chi connectivity index (χ2n) is 8.05. The summed E-state index contributed by atoms with van der Waals surface area (Å²) in [6.45, 7) is 2.64. The molecule has 0 saturated carbocycles. The van der Waals surface area contributed by atoms with Crippen molar-refractivity contribution in [2.75, 3.05) is 40.3 Å². The number of nitrogens with zero attached hydrogens (tertiary/aromatic N) is 1. The summed E-state index contributed by atoms with van der Waals surface area (Å²) in [5.74, 6) is 0.828. The van der Waals surface area contributed by atoms with Gasteiger partial charge in [0.15, 0.2) is 0 Å². The van der Waals surface area contributed by atoms with Crippen molar-refractivity contribution in [3.8, 4) is 5.75 Å². The second-order valence-corrected chi connectivity index (χ2v) is 8.05. The van der Waals surface area contributed by atoms with Crippen LogP contribution in [0.1, 0.15) is 22.6 Å². The molecule has 1 fully saturated rings. The van der Waals surface area contributed by atoms with E-state index in [1.807, 2.05) is 43.4 Å². The summed E-state index contributed by atoms with van der Waals surface area (Å²) in [6, 6.07) is 16.0. The largest absolute Gasteiger partial charge is 0.497 e. The van der Waals surface area contributed by atoms with Crippen molar-refractivity contribution in [3.05, 3.63) is 65.2 Å². The van der Waals surface area contributed by atoms with Crippen molar-refractivity contribution in [1.82, 2.24) is 15.5 Å². The molecule has 7 heteroatoms. The van der Waals surface area contributed by atoms with Crippen molar-refractivity contribution in [1.29, 1.82) is 0 Å². The number of hydrogen-bond donors (Lipinski definition) is 3. The summed E-state index contributed by atoms with van der Waals surface area (Å²) in [5, 5.41) is 5.89. The van der Waals surface area contributed by atoms with E-state index in [-0.39, 0.29) is 30.2 Å². The summed E-state index contributed by atoms with van der Waals surface area (Å²) in [7, 11) is 3.70. The number of carbonyl (C=O) groups is 2. The fraction of sp³-hybridized carbons (Fsp3) is 0.417. The van der Waals surface area contributed by atoms with Gasteiger partial charge in [0.2, 0.25) is 11.8 Å². The Bertz CT molecular complexity index is 867. The third kappa shape index (κ3) is 6.29. The van der Waals surface area contributed by atoms with E-state index in [9.17, 15) is 9.59 Å². The molecule has 0 aromatic heterocycles. The molecule has 1 saturated heterocycles. The Balaban J connectivity index is 1.55. The first kappa shape index (κ1) is 22.8. The van der Waals surface area contributed by atoms with Crippen molar-refractivity contribution < 1.29 is 14.3 Å². The third-order valence-electron chi connectivity index (χ3n) is 5.79. The lowest BCUT2D eigenvalue weighted by molar-refractivity contribution is -0.125. The summed E-state index contributed by atoms with van der Waals surface area (Å²) < 4.78 is 5.18. The highest BCUT2D eigenvalue weighted by molar-refractivity contribution is 5.80. The van der Waals surface area contributed by atoms with Crippen LogP contribution in [0.25, 0.3) is 0 Å². The van der Waals surface area contributed by atoms with Crippen LogP contribution in [0, 0.1) is 5.92 Å². The Morgan fingerprint density at radius 1 is 1.03 bits per heavy atom. The smallest absolute Gasteiger partial charge is 0.234 e. The van der Waals surface area contributed by atoms with Gasteiger partial charge in [0.05, 0.1) is 19.6 Å². The molecule has 31 heavy (non-hydrogen) atoms. The number of likely N-dealkylation sites (tertiary alicyclic amines) is 1. The van der Waals surface area contributed by atoms with E-state index in [2.05, 4.69) is 27.7 Å². The molecular weight excluding hydrogens is 392 g/mol. The highest BCUT2D eigenvalue weighted by atomic mass is 16.5. The van der Waals surface area contributed by atoms with E-state index >= 15 is 0 Å². The van der Waals surface area contributed by atoms with E-state index in [1.165, 1.54) is 5.56 Å². The average Bonchev–Trinajstić information content (AvgIpc) is 3.20. The van der Waals surface area contributed by atoms with Crippen molar-refractivity contribution >= 4 is 11.8 Å². The van der Waals surface area contributed by atoms with E-state index in [0.29, 0.717) is 13.1 Å². The maximum Gasteiger partial charge on any atom is 0.234 e. The number of carbonyl (C=O) groups excluding carboxylic acids is 2. The average molecular weight is 425 g/mol. The number of hydrogen-bond acceptors (Lipinski definition) is 5. The number of nitrogens with one attached hydrogen (secondary N) is 2. The van der Waals surface area contributed by atoms with Gasteiger partial charge in [0.1, 0.15) is 5.75 Å². The number of ether oxygens (including phenoxy) is 1. The zero-order valence-corrected chi connectivity index (χ0v) is 18.3. The summed E-state index contributed by atoms with van der Waals surface area (Å²) in [5.41, 5.74) is 8.64. The predicted molar refractivity (Wildman–Crippen MR) is 121 cm³/mol. The van der Waals surface area contributed by atoms with Crippen LogP contribution >= 0.6 is 0 Å². The molecule has 0 radical (unpaired) electrons. The second kappa shape index (κ2) is 10.9. The molecule has 3 rings (SSSR count). The van der Waals surface area contributed by atoms with Gasteiger partial charge in [0.25, 0.3) is 0 Å². The minimum absolute atomic E-state index is 0.0122. The molecule has 0 spiro atoms. The number of amides is 2. The van der Waals surface area contributed by atoms with Gasteiger partial charge in [-0.3, -0.25) is 9.59 Å². The van der Waals surface area contributed by atoms with Crippen molar-refractivity contribution in [3.63, 3.8) is 0 Å². The molecule has 7 nitrogen and oxygen atoms in total. The van der Waals surface area contributed by atoms with Crippen LogP contribution in [0.3, 0.4) is 0 Å². The molecule has 2 aromatic rings. The normalized spacial score (nSPS) is 18.5. The van der Waals surface area contributed by atoms with Gasteiger partial charge in [-0.1, -0.05) is 36.4 Å². The number of methoxy groups -OCH3 is 1. The Hall–Kier alpha value is -2.90. The third-order valence-corrected chi connectivity index (χ3v) is 5.79. The van der Waals surface area contributed by atoms with Crippen molar-refractivity contribution in [2.45, 2.75) is 18.9 Å². The lowest BCUT2D eigenvalue weighted by Gasteiger charge is -2.19. The molecule has 2 unspecified atom stereocenters. The maximum absolute atomic E-state index is 12.9. The SMILES string of the molecule is COc1ccc(CCNC(=O)C2CN(C)CC2c2ccc(CNC(=O)CN)cc2)cc1. The number of rotatable bonds is 9. The minimum Gasteiger partial charge on any atom is -0.497 e. The maximum atomic E-state index is 12.9. The quantitative estimate of drug-likeness (QED) is 0.563. The first-order valence-electron chi connectivity index (χ1n) is 10.6. The van der Waals surface area contributed by atoms with E-state index in [0.717, 1.165) is 36.4 Å². The molecule has 1 aliphatic heterocycles. The number of likely N-dealkylation sites (N-methyl/N-ethyl adjacent to an activating group) is 1. The fourth-order valence-corrected chi connectivity index (χ4v) is 4.01. The lowest BCUT2D eigenvalue weighted by atomic mass is 9.88. The zero-order valence-electron chi connectivity index (χ0n) is 18.3. The van der Waals surface area contributed by atoms with E-state index in [1.54, 1.807) is 7.11 Å². The highest BCUT2D eigenvalue weighted by Crippen LogP contribution is 2.32. The first-order valence-corrected chi connectivity index (χ1v) is 10.6. The van der Waals surface area contributed by atoms with E-state index < -0.39 is 0 Å².